The van der Waals surface area contributed by atoms with Crippen molar-refractivity contribution >= 4 is 33.2 Å². The summed E-state index contributed by atoms with van der Waals surface area (Å²) in [5.74, 6) is -0.148. The van der Waals surface area contributed by atoms with Crippen molar-refractivity contribution in [2.45, 2.75) is 17.4 Å². The Kier molecular flexibility index (Phi) is 5.30. The highest BCUT2D eigenvalue weighted by Gasteiger charge is 2.40. The first-order chi connectivity index (χ1) is 14.3. The summed E-state index contributed by atoms with van der Waals surface area (Å²) in [6, 6.07) is 20.5. The van der Waals surface area contributed by atoms with Gasteiger partial charge in [-0.05, 0) is 41.5 Å². The first kappa shape index (κ1) is 20.4. The van der Waals surface area contributed by atoms with E-state index in [0.717, 1.165) is 16.7 Å². The largest absolute Gasteiger partial charge is 0.349 e. The van der Waals surface area contributed by atoms with Gasteiger partial charge < -0.3 is 4.90 Å². The van der Waals surface area contributed by atoms with E-state index in [-0.39, 0.29) is 17.2 Å². The number of rotatable bonds is 4. The van der Waals surface area contributed by atoms with E-state index in [4.69, 9.17) is 11.6 Å². The normalized spacial score (nSPS) is 15.3. The molecule has 1 aliphatic heterocycles. The van der Waals surface area contributed by atoms with E-state index in [0.29, 0.717) is 10.7 Å². The fourth-order valence-corrected chi connectivity index (χ4v) is 5.55. The van der Waals surface area contributed by atoms with Crippen molar-refractivity contribution in [3.63, 3.8) is 0 Å². The molecule has 3 aromatic rings. The molecule has 0 fully saturated rings. The van der Waals surface area contributed by atoms with E-state index in [1.807, 2.05) is 42.5 Å². The third-order valence-electron chi connectivity index (χ3n) is 5.27. The zero-order chi connectivity index (χ0) is 21.5. The van der Waals surface area contributed by atoms with Crippen LogP contribution in [0.1, 0.15) is 18.0 Å². The number of halogens is 1. The fraction of sp³-hybridized carbons (Fsp3) is 0.174. The van der Waals surface area contributed by atoms with E-state index >= 15 is 0 Å². The summed E-state index contributed by atoms with van der Waals surface area (Å²) >= 11 is 5.97. The lowest BCUT2D eigenvalue weighted by Gasteiger charge is -2.39. The van der Waals surface area contributed by atoms with Crippen LogP contribution in [0.3, 0.4) is 0 Å². The van der Waals surface area contributed by atoms with Crippen molar-refractivity contribution in [2.24, 2.45) is 0 Å². The Morgan fingerprint density at radius 3 is 2.20 bits per heavy atom. The summed E-state index contributed by atoms with van der Waals surface area (Å²) in [6.07, 6.45) is 0.0329. The van der Waals surface area contributed by atoms with Crippen LogP contribution in [0.15, 0.2) is 77.7 Å². The quantitative estimate of drug-likeness (QED) is 0.589. The highest BCUT2D eigenvalue weighted by Crippen LogP contribution is 2.48. The summed E-state index contributed by atoms with van der Waals surface area (Å²) in [7, 11) is -0.612. The maximum atomic E-state index is 13.8. The molecule has 0 saturated heterocycles. The topological polar surface area (TPSA) is 57.7 Å². The van der Waals surface area contributed by atoms with Crippen LogP contribution in [-0.2, 0) is 14.8 Å². The lowest BCUT2D eigenvalue weighted by Crippen LogP contribution is -2.40. The molecule has 0 aromatic heterocycles. The second-order valence-electron chi connectivity index (χ2n) is 7.37. The molecule has 0 N–H and O–H groups in total. The van der Waals surface area contributed by atoms with Crippen LogP contribution >= 0.6 is 11.6 Å². The van der Waals surface area contributed by atoms with Crippen LogP contribution in [0.2, 0.25) is 5.02 Å². The maximum absolute atomic E-state index is 13.8. The van der Waals surface area contributed by atoms with Gasteiger partial charge in [-0.3, -0.25) is 9.10 Å². The molecule has 0 aliphatic carbocycles. The molecule has 1 heterocycles. The third-order valence-corrected chi connectivity index (χ3v) is 7.36. The van der Waals surface area contributed by atoms with E-state index in [1.54, 1.807) is 32.3 Å². The summed E-state index contributed by atoms with van der Waals surface area (Å²) in [4.78, 5) is 14.3. The van der Waals surface area contributed by atoms with E-state index in [9.17, 15) is 13.2 Å². The van der Waals surface area contributed by atoms with Gasteiger partial charge in [-0.1, -0.05) is 54.1 Å². The monoisotopic (exact) mass is 440 g/mol. The van der Waals surface area contributed by atoms with Crippen LogP contribution < -0.4 is 4.31 Å². The molecule has 0 spiro atoms. The number of para-hydroxylation sites is 1. The number of hydrogen-bond donors (Lipinski definition) is 0. The summed E-state index contributed by atoms with van der Waals surface area (Å²) in [5, 5.41) is 0.456. The Morgan fingerprint density at radius 2 is 1.53 bits per heavy atom. The van der Waals surface area contributed by atoms with Gasteiger partial charge in [0, 0.05) is 24.7 Å². The van der Waals surface area contributed by atoms with Gasteiger partial charge in [0.15, 0.2) is 0 Å². The first-order valence-corrected chi connectivity index (χ1v) is 11.3. The van der Waals surface area contributed by atoms with Crippen LogP contribution in [0, 0.1) is 0 Å². The van der Waals surface area contributed by atoms with Gasteiger partial charge >= 0.3 is 0 Å². The Bertz CT molecular complexity index is 1210. The number of sulfonamides is 1. The second-order valence-corrected chi connectivity index (χ2v) is 9.62. The molecule has 1 amide bonds. The molecule has 1 atom stereocenters. The van der Waals surface area contributed by atoms with Gasteiger partial charge in [-0.25, -0.2) is 8.42 Å². The van der Waals surface area contributed by atoms with Gasteiger partial charge in [-0.15, -0.1) is 0 Å². The number of nitrogens with zero attached hydrogens (tertiary/aromatic N) is 2. The summed E-state index contributed by atoms with van der Waals surface area (Å²) < 4.78 is 29.0. The minimum atomic E-state index is -3.95. The van der Waals surface area contributed by atoms with Gasteiger partial charge in [0.1, 0.15) is 0 Å². The molecule has 1 unspecified atom stereocenters. The van der Waals surface area contributed by atoms with E-state index in [1.165, 1.54) is 21.3 Å². The van der Waals surface area contributed by atoms with Crippen LogP contribution in [0.25, 0.3) is 11.1 Å². The fourth-order valence-electron chi connectivity index (χ4n) is 3.78. The van der Waals surface area contributed by atoms with Gasteiger partial charge in [0.05, 0.1) is 23.0 Å². The van der Waals surface area contributed by atoms with Crippen LogP contribution in [0.4, 0.5) is 5.69 Å². The highest BCUT2D eigenvalue weighted by molar-refractivity contribution is 7.92. The van der Waals surface area contributed by atoms with Crippen molar-refractivity contribution in [3.05, 3.63) is 83.4 Å². The molecular weight excluding hydrogens is 420 g/mol. The Labute approximate surface area is 181 Å². The Balaban J connectivity index is 1.96. The SMILES string of the molecule is CN(C)C(=O)CC1c2ccccc2-c2ccccc2N1S(=O)(=O)c1ccc(Cl)cc1. The number of carbonyl (C=O) groups excluding carboxylic acids is 1. The van der Waals surface area contributed by atoms with Crippen molar-refractivity contribution in [2.75, 3.05) is 18.4 Å². The van der Waals surface area contributed by atoms with Crippen molar-refractivity contribution < 1.29 is 13.2 Å². The number of carbonyl (C=O) groups is 1. The summed E-state index contributed by atoms with van der Waals surface area (Å²) in [6.45, 7) is 0. The molecule has 0 radical (unpaired) electrons. The lowest BCUT2D eigenvalue weighted by atomic mass is 9.88. The smallest absolute Gasteiger partial charge is 0.264 e. The minimum absolute atomic E-state index is 0.0329. The zero-order valence-electron chi connectivity index (χ0n) is 16.6. The first-order valence-electron chi connectivity index (χ1n) is 9.49. The van der Waals surface area contributed by atoms with Crippen molar-refractivity contribution in [1.29, 1.82) is 0 Å². The van der Waals surface area contributed by atoms with Crippen LogP contribution in [-0.4, -0.2) is 33.3 Å². The molecule has 4 rings (SSSR count). The van der Waals surface area contributed by atoms with E-state index < -0.39 is 16.1 Å². The average Bonchev–Trinajstić information content (AvgIpc) is 2.74. The van der Waals surface area contributed by atoms with Crippen LogP contribution in [0.5, 0.6) is 0 Å². The molecule has 3 aromatic carbocycles. The Hall–Kier alpha value is -2.83. The third kappa shape index (κ3) is 3.46. The minimum Gasteiger partial charge on any atom is -0.349 e. The molecular formula is C23H21ClN2O3S. The Morgan fingerprint density at radius 1 is 0.933 bits per heavy atom. The molecule has 5 nitrogen and oxygen atoms in total. The molecule has 0 saturated carbocycles. The molecule has 154 valence electrons. The maximum Gasteiger partial charge on any atom is 0.264 e. The summed E-state index contributed by atoms with van der Waals surface area (Å²) in [5.41, 5.74) is 3.12. The van der Waals surface area contributed by atoms with Gasteiger partial charge in [0.2, 0.25) is 5.91 Å². The van der Waals surface area contributed by atoms with Gasteiger partial charge in [0.25, 0.3) is 10.0 Å². The second kappa shape index (κ2) is 7.78. The number of hydrogen-bond acceptors (Lipinski definition) is 3. The van der Waals surface area contributed by atoms with E-state index in [2.05, 4.69) is 0 Å². The molecule has 7 heteroatoms. The number of amides is 1. The molecule has 30 heavy (non-hydrogen) atoms. The average molecular weight is 441 g/mol. The van der Waals surface area contributed by atoms with Crippen molar-refractivity contribution in [3.8, 4) is 11.1 Å². The predicted octanol–water partition coefficient (Wildman–Crippen LogP) is 4.74. The standard InChI is InChI=1S/C23H21ClN2O3S/c1-25(2)23(27)15-22-20-9-4-3-7-18(20)19-8-5-6-10-21(19)26(22)30(28,29)17-13-11-16(24)12-14-17/h3-14,22H,15H2,1-2H3. The number of fused-ring (bicyclic) bond motifs is 3. The zero-order valence-corrected chi connectivity index (χ0v) is 18.2. The molecule has 0 bridgehead atoms. The lowest BCUT2D eigenvalue weighted by molar-refractivity contribution is -0.129. The van der Waals surface area contributed by atoms with Crippen molar-refractivity contribution in [1.82, 2.24) is 4.90 Å². The van der Waals surface area contributed by atoms with Gasteiger partial charge in [-0.2, -0.15) is 0 Å². The highest BCUT2D eigenvalue weighted by atomic mass is 35.5. The predicted molar refractivity (Wildman–Crippen MR) is 119 cm³/mol. The molecule has 1 aliphatic rings. The number of benzene rings is 3. The number of anilines is 1.